The van der Waals surface area contributed by atoms with Crippen LogP contribution in [-0.4, -0.2) is 13.0 Å². The van der Waals surface area contributed by atoms with Crippen molar-refractivity contribution in [3.8, 4) is 0 Å². The summed E-state index contributed by atoms with van der Waals surface area (Å²) in [6.07, 6.45) is 3.56. The van der Waals surface area contributed by atoms with Crippen LogP contribution < -0.4 is 22.1 Å². The van der Waals surface area contributed by atoms with Crippen molar-refractivity contribution in [3.63, 3.8) is 0 Å². The number of nitrogens with two attached hydrogens (primary N) is 2. The summed E-state index contributed by atoms with van der Waals surface area (Å²) in [5, 5.41) is 7.45. The first kappa shape index (κ1) is 38.8. The largest absolute Gasteiger partial charge is 0.355 e. The summed E-state index contributed by atoms with van der Waals surface area (Å²) in [6, 6.07) is 25.5. The molecule has 0 amide bonds. The van der Waals surface area contributed by atoms with Crippen molar-refractivity contribution in [2.24, 2.45) is 11.5 Å². The van der Waals surface area contributed by atoms with Crippen LogP contribution in [0, 0.1) is 20.8 Å². The highest BCUT2D eigenvalue weighted by atomic mass is 32.2. The van der Waals surface area contributed by atoms with Gasteiger partial charge >= 0.3 is 0 Å². The van der Waals surface area contributed by atoms with Crippen molar-refractivity contribution < 1.29 is 13.0 Å². The van der Waals surface area contributed by atoms with Crippen molar-refractivity contribution in [3.05, 3.63) is 146 Å². The Balaban J connectivity index is 1.67. The molecule has 0 aromatic heterocycles. The van der Waals surface area contributed by atoms with Crippen LogP contribution in [0.4, 0.5) is 22.7 Å². The molecule has 7 N–H and O–H groups in total. The fourth-order valence-corrected chi connectivity index (χ4v) is 8.27. The average molecular weight is 719 g/mol. The van der Waals surface area contributed by atoms with Crippen LogP contribution in [0.5, 0.6) is 0 Å². The van der Waals surface area contributed by atoms with Crippen molar-refractivity contribution >= 4 is 32.9 Å². The van der Waals surface area contributed by atoms with Gasteiger partial charge in [0.2, 0.25) is 0 Å². The maximum absolute atomic E-state index is 12.8. The van der Waals surface area contributed by atoms with Crippen LogP contribution >= 0.6 is 0 Å². The van der Waals surface area contributed by atoms with Crippen molar-refractivity contribution in [2.45, 2.75) is 98.1 Å². The summed E-state index contributed by atoms with van der Waals surface area (Å²) in [5.74, 6) is -0.548. The van der Waals surface area contributed by atoms with Crippen LogP contribution in [0.1, 0.15) is 100 Å². The first-order valence-electron chi connectivity index (χ1n) is 18.4. The molecule has 0 fully saturated rings. The van der Waals surface area contributed by atoms with E-state index in [1.807, 2.05) is 36.4 Å². The van der Waals surface area contributed by atoms with Gasteiger partial charge in [0.15, 0.2) is 0 Å². The number of nitrogens with one attached hydrogen (secondary N) is 2. The second kappa shape index (κ2) is 16.5. The van der Waals surface area contributed by atoms with Crippen molar-refractivity contribution in [1.29, 1.82) is 0 Å². The number of rotatable bonds is 14. The highest BCUT2D eigenvalue weighted by Gasteiger charge is 2.26. The van der Waals surface area contributed by atoms with Gasteiger partial charge in [0.05, 0.1) is 4.90 Å². The van der Waals surface area contributed by atoms with Gasteiger partial charge in [-0.25, -0.2) is 0 Å². The van der Waals surface area contributed by atoms with Gasteiger partial charge in [-0.3, -0.25) is 4.55 Å². The van der Waals surface area contributed by atoms with Gasteiger partial charge < -0.3 is 22.1 Å². The van der Waals surface area contributed by atoms with Gasteiger partial charge in [-0.1, -0.05) is 93.9 Å². The van der Waals surface area contributed by atoms with E-state index in [4.69, 9.17) is 11.5 Å². The zero-order chi connectivity index (χ0) is 37.7. The number of anilines is 4. The second-order valence-electron chi connectivity index (χ2n) is 13.6. The Hall–Kier alpha value is -4.47. The standard InChI is InChI=1S/C44H54N4O3S/c1-8-30-20-27(5)21-31(9-2)43(30)47-39-18-16-33(23-35(39)25-45)42(38-14-12-13-15-41(38)52(49,50)51)34-17-19-40(36(24-34)26-46)48-44-32(10-3)22-28(6)29(7)37(44)11-4/h12-24,42,47-48H,8-11,25-26,45-46H2,1-7H3,(H,49,50,51). The van der Waals surface area contributed by atoms with Crippen LogP contribution in [0.25, 0.3) is 0 Å². The first-order valence-corrected chi connectivity index (χ1v) is 19.8. The predicted molar refractivity (Wildman–Crippen MR) is 217 cm³/mol. The predicted octanol–water partition coefficient (Wildman–Crippen LogP) is 9.69. The van der Waals surface area contributed by atoms with Crippen LogP contribution in [0.2, 0.25) is 0 Å². The minimum Gasteiger partial charge on any atom is -0.355 e. The lowest BCUT2D eigenvalue weighted by atomic mass is 9.83. The van der Waals surface area contributed by atoms with E-state index in [1.54, 1.807) is 18.2 Å². The minimum atomic E-state index is -4.54. The summed E-state index contributed by atoms with van der Waals surface area (Å²) < 4.78 is 36.0. The topological polar surface area (TPSA) is 130 Å². The SMILES string of the molecule is CCc1cc(C)cc(CC)c1Nc1ccc(C(c2ccc(Nc3c(CC)cc(C)c(C)c3CC)c(CN)c2)c2ccccc2S(=O)(=O)O)cc1CN. The third-order valence-corrected chi connectivity index (χ3v) is 11.3. The number of aryl methyl sites for hydroxylation is 5. The molecule has 274 valence electrons. The minimum absolute atomic E-state index is 0.136. The highest BCUT2D eigenvalue weighted by Crippen LogP contribution is 2.40. The highest BCUT2D eigenvalue weighted by molar-refractivity contribution is 7.85. The molecule has 0 saturated carbocycles. The third-order valence-electron chi connectivity index (χ3n) is 10.4. The molecule has 0 spiro atoms. The molecule has 5 rings (SSSR count). The van der Waals surface area contributed by atoms with Gasteiger partial charge in [0.25, 0.3) is 10.1 Å². The molecule has 5 aromatic rings. The Bertz CT molecular complexity index is 2170. The van der Waals surface area contributed by atoms with Crippen molar-refractivity contribution in [2.75, 3.05) is 10.6 Å². The molecule has 0 saturated heterocycles. The Morgan fingerprint density at radius 2 is 1.13 bits per heavy atom. The van der Waals surface area contributed by atoms with Crippen LogP contribution in [0.15, 0.2) is 83.8 Å². The molecule has 0 heterocycles. The molecule has 5 aromatic carbocycles. The van der Waals surface area contributed by atoms with E-state index in [0.717, 1.165) is 70.7 Å². The molecule has 0 aliphatic rings. The van der Waals surface area contributed by atoms with E-state index in [1.165, 1.54) is 45.0 Å². The quantitative estimate of drug-likeness (QED) is 0.0571. The fourth-order valence-electron chi connectivity index (χ4n) is 7.54. The number of hydrogen-bond donors (Lipinski definition) is 5. The molecule has 1 atom stereocenters. The fraction of sp³-hybridized carbons (Fsp3) is 0.318. The van der Waals surface area contributed by atoms with E-state index in [-0.39, 0.29) is 18.0 Å². The zero-order valence-electron chi connectivity index (χ0n) is 31.7. The smallest absolute Gasteiger partial charge is 0.294 e. The first-order chi connectivity index (χ1) is 24.9. The molecule has 0 radical (unpaired) electrons. The summed E-state index contributed by atoms with van der Waals surface area (Å²) in [4.78, 5) is -0.136. The van der Waals surface area contributed by atoms with Gasteiger partial charge in [0.1, 0.15) is 0 Å². The van der Waals surface area contributed by atoms with E-state index in [0.29, 0.717) is 5.56 Å². The Morgan fingerprint density at radius 3 is 1.62 bits per heavy atom. The Morgan fingerprint density at radius 1 is 0.635 bits per heavy atom. The normalized spacial score (nSPS) is 12.2. The molecule has 0 aliphatic heterocycles. The molecule has 7 nitrogen and oxygen atoms in total. The van der Waals surface area contributed by atoms with Gasteiger partial charge in [0, 0.05) is 41.8 Å². The average Bonchev–Trinajstić information content (AvgIpc) is 3.14. The van der Waals surface area contributed by atoms with Gasteiger partial charge in [-0.15, -0.1) is 0 Å². The van der Waals surface area contributed by atoms with E-state index in [2.05, 4.69) is 77.3 Å². The lowest BCUT2D eigenvalue weighted by Crippen LogP contribution is -2.13. The zero-order valence-corrected chi connectivity index (χ0v) is 32.5. The van der Waals surface area contributed by atoms with Crippen LogP contribution in [-0.2, 0) is 48.9 Å². The number of benzene rings is 5. The summed E-state index contributed by atoms with van der Waals surface area (Å²) in [7, 11) is -4.54. The molecule has 52 heavy (non-hydrogen) atoms. The number of hydrogen-bond acceptors (Lipinski definition) is 6. The van der Waals surface area contributed by atoms with Crippen molar-refractivity contribution in [1.82, 2.24) is 0 Å². The van der Waals surface area contributed by atoms with Gasteiger partial charge in [-0.2, -0.15) is 8.42 Å². The van der Waals surface area contributed by atoms with E-state index < -0.39 is 16.0 Å². The van der Waals surface area contributed by atoms with E-state index >= 15 is 0 Å². The maximum Gasteiger partial charge on any atom is 0.294 e. The second-order valence-corrected chi connectivity index (χ2v) is 15.0. The summed E-state index contributed by atoms with van der Waals surface area (Å²) in [6.45, 7) is 15.7. The lowest BCUT2D eigenvalue weighted by molar-refractivity contribution is 0.482. The molecule has 8 heteroatoms. The lowest BCUT2D eigenvalue weighted by Gasteiger charge is -2.25. The maximum atomic E-state index is 12.8. The van der Waals surface area contributed by atoms with Gasteiger partial charge in [-0.05, 0) is 126 Å². The van der Waals surface area contributed by atoms with Crippen LogP contribution in [0.3, 0.4) is 0 Å². The third kappa shape index (κ3) is 7.96. The molecule has 1 unspecified atom stereocenters. The summed E-state index contributed by atoms with van der Waals surface area (Å²) in [5.41, 5.74) is 29.6. The molecular weight excluding hydrogens is 665 g/mol. The molecule has 0 bridgehead atoms. The Labute approximate surface area is 310 Å². The summed E-state index contributed by atoms with van der Waals surface area (Å²) >= 11 is 0. The molecule has 0 aliphatic carbocycles. The monoisotopic (exact) mass is 718 g/mol. The van der Waals surface area contributed by atoms with E-state index in [9.17, 15) is 13.0 Å². The Kier molecular flexibility index (Phi) is 12.3. The molecular formula is C44H54N4O3S.